The van der Waals surface area contributed by atoms with Gasteiger partial charge in [-0.2, -0.15) is 34.5 Å². The van der Waals surface area contributed by atoms with Gasteiger partial charge in [0, 0.05) is 65.0 Å². The maximum atomic E-state index is 5.85. The molecule has 0 amide bonds. The molecule has 6 rings (SSSR count). The maximum absolute atomic E-state index is 5.85. The molecule has 0 aromatic carbocycles. The van der Waals surface area contributed by atoms with Crippen LogP contribution in [0.5, 0.6) is 0 Å². The molecule has 12 heteroatoms. The van der Waals surface area contributed by atoms with E-state index in [1.165, 1.54) is 6.42 Å². The summed E-state index contributed by atoms with van der Waals surface area (Å²) >= 11 is 0. The Bertz CT molecular complexity index is 787. The van der Waals surface area contributed by atoms with Gasteiger partial charge in [0.05, 0.1) is 26.4 Å². The molecule has 34 heavy (non-hydrogen) atoms. The van der Waals surface area contributed by atoms with Gasteiger partial charge in [0.2, 0.25) is 29.4 Å². The molecule has 2 spiro atoms. The minimum atomic E-state index is -0.883. The molecule has 0 atom stereocenters. The van der Waals surface area contributed by atoms with Crippen molar-refractivity contribution in [3.63, 3.8) is 0 Å². The van der Waals surface area contributed by atoms with Crippen LogP contribution in [0, 0.1) is 0 Å². The summed E-state index contributed by atoms with van der Waals surface area (Å²) in [5.74, 6) is 0.452. The van der Waals surface area contributed by atoms with Crippen molar-refractivity contribution in [2.75, 3.05) is 80.4 Å². The van der Waals surface area contributed by atoms with Crippen molar-refractivity contribution in [1.82, 2.24) is 15.0 Å². The Labute approximate surface area is 199 Å². The Kier molecular flexibility index (Phi) is 6.43. The Morgan fingerprint density at radius 1 is 0.471 bits per heavy atom. The summed E-state index contributed by atoms with van der Waals surface area (Å²) in [6.45, 7) is 7.11. The van der Waals surface area contributed by atoms with E-state index < -0.39 is 11.6 Å². The van der Waals surface area contributed by atoms with Crippen LogP contribution < -0.4 is 14.7 Å². The van der Waals surface area contributed by atoms with Gasteiger partial charge < -0.3 is 24.2 Å². The van der Waals surface area contributed by atoms with Crippen LogP contribution >= 0.6 is 0 Å². The zero-order chi connectivity index (χ0) is 22.8. The van der Waals surface area contributed by atoms with Gasteiger partial charge in [-0.25, -0.2) is 0 Å². The third-order valence-corrected chi connectivity index (χ3v) is 7.30. The molecule has 1 aromatic rings. The van der Waals surface area contributed by atoms with Crippen LogP contribution in [0.15, 0.2) is 0 Å². The third-order valence-electron chi connectivity index (χ3n) is 7.30. The van der Waals surface area contributed by atoms with Crippen molar-refractivity contribution in [1.29, 1.82) is 0 Å². The molecule has 4 saturated heterocycles. The molecule has 0 N–H and O–H groups in total. The van der Waals surface area contributed by atoms with Crippen LogP contribution in [0.4, 0.5) is 17.8 Å². The summed E-state index contributed by atoms with van der Waals surface area (Å²) in [6, 6.07) is 0. The van der Waals surface area contributed by atoms with Crippen molar-refractivity contribution < 1.29 is 29.0 Å². The van der Waals surface area contributed by atoms with Gasteiger partial charge in [-0.3, -0.25) is 0 Å². The van der Waals surface area contributed by atoms with Gasteiger partial charge in [0.25, 0.3) is 0 Å². The number of anilines is 3. The predicted molar refractivity (Wildman–Crippen MR) is 120 cm³/mol. The SMILES string of the molecule is C1CCC2(CC1)OOC1(CCN(c3nc(N4CCOCC4)nc(N4CCOCC4)n3)CC1)OO2. The third kappa shape index (κ3) is 4.67. The quantitative estimate of drug-likeness (QED) is 0.587. The smallest absolute Gasteiger partial charge is 0.237 e. The monoisotopic (exact) mass is 478 g/mol. The van der Waals surface area contributed by atoms with Crippen LogP contribution in [-0.4, -0.2) is 92.2 Å². The summed E-state index contributed by atoms with van der Waals surface area (Å²) in [5, 5.41) is 0. The number of ether oxygens (including phenoxy) is 2. The first-order chi connectivity index (χ1) is 16.7. The van der Waals surface area contributed by atoms with Crippen molar-refractivity contribution in [2.45, 2.75) is 56.5 Å². The van der Waals surface area contributed by atoms with Crippen LogP contribution in [-0.2, 0) is 29.0 Å². The second-order valence-corrected chi connectivity index (χ2v) is 9.64. The number of aromatic nitrogens is 3. The molecule has 1 aliphatic carbocycles. The van der Waals surface area contributed by atoms with Gasteiger partial charge in [-0.05, 0) is 12.8 Å². The molecule has 5 aliphatic rings. The van der Waals surface area contributed by atoms with E-state index in [1.54, 1.807) is 0 Å². The lowest BCUT2D eigenvalue weighted by Gasteiger charge is -2.47. The van der Waals surface area contributed by atoms with Gasteiger partial charge in [-0.15, -0.1) is 0 Å². The van der Waals surface area contributed by atoms with Crippen molar-refractivity contribution in [2.24, 2.45) is 0 Å². The van der Waals surface area contributed by atoms with Gasteiger partial charge in [0.1, 0.15) is 0 Å². The van der Waals surface area contributed by atoms with Gasteiger partial charge in [-0.1, -0.05) is 6.42 Å². The maximum Gasteiger partial charge on any atom is 0.237 e. The molecule has 5 fully saturated rings. The van der Waals surface area contributed by atoms with Gasteiger partial charge in [0.15, 0.2) is 0 Å². The van der Waals surface area contributed by atoms with Crippen LogP contribution in [0.25, 0.3) is 0 Å². The standard InChI is InChI=1S/C22H34N6O6/c1-2-4-21(5-3-1)31-33-22(34-32-21)6-8-26(9-7-22)18-23-19(27-10-14-29-15-11-27)25-20(24-18)28-12-16-30-17-13-28/h1-17H2. The molecule has 4 aliphatic heterocycles. The van der Waals surface area contributed by atoms with E-state index >= 15 is 0 Å². The van der Waals surface area contributed by atoms with Gasteiger partial charge >= 0.3 is 0 Å². The highest BCUT2D eigenvalue weighted by molar-refractivity contribution is 5.47. The normalized spacial score (nSPS) is 27.4. The summed E-state index contributed by atoms with van der Waals surface area (Å²) in [5.41, 5.74) is 0. The highest BCUT2D eigenvalue weighted by atomic mass is 17.4. The molecule has 1 saturated carbocycles. The van der Waals surface area contributed by atoms with E-state index in [0.717, 1.165) is 51.9 Å². The molecular formula is C22H34N6O6. The van der Waals surface area contributed by atoms with E-state index in [1.807, 2.05) is 0 Å². The second-order valence-electron chi connectivity index (χ2n) is 9.64. The molecule has 0 radical (unpaired) electrons. The number of hydrogen-bond acceptors (Lipinski definition) is 12. The zero-order valence-corrected chi connectivity index (χ0v) is 19.7. The summed E-state index contributed by atoms with van der Waals surface area (Å²) in [7, 11) is 0. The summed E-state index contributed by atoms with van der Waals surface area (Å²) < 4.78 is 11.0. The first-order valence-corrected chi connectivity index (χ1v) is 12.6. The number of hydrogen-bond donors (Lipinski definition) is 0. The Balaban J connectivity index is 1.16. The highest BCUT2D eigenvalue weighted by Crippen LogP contribution is 2.42. The number of piperidine rings is 1. The van der Waals surface area contributed by atoms with E-state index in [0.29, 0.717) is 70.2 Å². The van der Waals surface area contributed by atoms with Crippen molar-refractivity contribution >= 4 is 17.8 Å². The van der Waals surface area contributed by atoms with Crippen LogP contribution in [0.2, 0.25) is 0 Å². The Morgan fingerprint density at radius 2 is 0.853 bits per heavy atom. The average molecular weight is 479 g/mol. The molecule has 5 heterocycles. The first kappa shape index (κ1) is 22.6. The fraction of sp³-hybridized carbons (Fsp3) is 0.864. The van der Waals surface area contributed by atoms with E-state index in [4.69, 9.17) is 44.0 Å². The zero-order valence-electron chi connectivity index (χ0n) is 19.7. The highest BCUT2D eigenvalue weighted by Gasteiger charge is 2.50. The lowest BCUT2D eigenvalue weighted by Crippen LogP contribution is -2.56. The molecule has 188 valence electrons. The van der Waals surface area contributed by atoms with E-state index in [9.17, 15) is 0 Å². The summed E-state index contributed by atoms with van der Waals surface area (Å²) in [4.78, 5) is 44.3. The van der Waals surface area contributed by atoms with E-state index in [-0.39, 0.29) is 0 Å². The second kappa shape index (κ2) is 9.67. The minimum Gasteiger partial charge on any atom is -0.378 e. The molecule has 12 nitrogen and oxygen atoms in total. The fourth-order valence-electron chi connectivity index (χ4n) is 5.10. The molecule has 1 aromatic heterocycles. The fourth-order valence-corrected chi connectivity index (χ4v) is 5.10. The minimum absolute atomic E-state index is 0.592. The summed E-state index contributed by atoms with van der Waals surface area (Å²) in [6.07, 6.45) is 6.10. The number of nitrogens with zero attached hydrogens (tertiary/aromatic N) is 6. The van der Waals surface area contributed by atoms with Crippen LogP contribution in [0.3, 0.4) is 0 Å². The first-order valence-electron chi connectivity index (χ1n) is 12.6. The van der Waals surface area contributed by atoms with Crippen molar-refractivity contribution in [3.8, 4) is 0 Å². The predicted octanol–water partition coefficient (Wildman–Crippen LogP) is 1.41. The topological polar surface area (TPSA) is 104 Å². The molecule has 0 bridgehead atoms. The number of morpholine rings is 2. The molecule has 0 unspecified atom stereocenters. The largest absolute Gasteiger partial charge is 0.378 e. The lowest BCUT2D eigenvalue weighted by molar-refractivity contribution is -0.661. The van der Waals surface area contributed by atoms with E-state index in [2.05, 4.69) is 14.7 Å². The Morgan fingerprint density at radius 3 is 1.29 bits per heavy atom. The van der Waals surface area contributed by atoms with Crippen LogP contribution in [0.1, 0.15) is 44.9 Å². The van der Waals surface area contributed by atoms with Crippen molar-refractivity contribution in [3.05, 3.63) is 0 Å². The Hall–Kier alpha value is -1.83. The average Bonchev–Trinajstić information content (AvgIpc) is 2.92. The lowest BCUT2D eigenvalue weighted by atomic mass is 9.94. The number of rotatable bonds is 3. The molecular weight excluding hydrogens is 444 g/mol.